The third kappa shape index (κ3) is 3.69. The molecule has 0 spiro atoms. The molecule has 3 aromatic rings. The van der Waals surface area contributed by atoms with Gasteiger partial charge in [0.1, 0.15) is 0 Å². The fourth-order valence-electron chi connectivity index (χ4n) is 2.69. The Balaban J connectivity index is 1.70. The molecule has 0 amide bonds. The lowest BCUT2D eigenvalue weighted by molar-refractivity contribution is 0.292. The monoisotopic (exact) mass is 327 g/mol. The van der Waals surface area contributed by atoms with Gasteiger partial charge in [0.2, 0.25) is 0 Å². The molecule has 0 fully saturated rings. The maximum Gasteiger partial charge on any atom is 0.252 e. The summed E-state index contributed by atoms with van der Waals surface area (Å²) in [5, 5.41) is 6.58. The van der Waals surface area contributed by atoms with Crippen LogP contribution >= 0.6 is 11.3 Å². The van der Waals surface area contributed by atoms with Gasteiger partial charge < -0.3 is 15.2 Å². The minimum absolute atomic E-state index is 0.0197. The van der Waals surface area contributed by atoms with E-state index in [1.54, 1.807) is 11.3 Å². The van der Waals surface area contributed by atoms with E-state index in [0.29, 0.717) is 12.6 Å². The highest BCUT2D eigenvalue weighted by molar-refractivity contribution is 7.10. The average Bonchev–Trinajstić information content (AvgIpc) is 3.05. The van der Waals surface area contributed by atoms with Crippen LogP contribution < -0.4 is 10.9 Å². The predicted octanol–water partition coefficient (Wildman–Crippen LogP) is 2.98. The molecule has 0 aliphatic carbocycles. The average molecular weight is 327 g/mol. The molecule has 2 aromatic heterocycles. The summed E-state index contributed by atoms with van der Waals surface area (Å²) in [5.74, 6) is 0. The van der Waals surface area contributed by atoms with Crippen LogP contribution in [0, 0.1) is 0 Å². The fourth-order valence-corrected chi connectivity index (χ4v) is 3.61. The van der Waals surface area contributed by atoms with Crippen LogP contribution in [0.4, 0.5) is 0 Å². The lowest BCUT2D eigenvalue weighted by Gasteiger charge is -2.23. The Labute approximate surface area is 139 Å². The molecule has 3 rings (SSSR count). The third-order valence-electron chi connectivity index (χ3n) is 3.98. The summed E-state index contributed by atoms with van der Waals surface area (Å²) in [7, 11) is 4.16. The van der Waals surface area contributed by atoms with E-state index < -0.39 is 0 Å². The van der Waals surface area contributed by atoms with E-state index in [9.17, 15) is 4.79 Å². The number of thiophene rings is 1. The summed E-state index contributed by atoms with van der Waals surface area (Å²) >= 11 is 1.76. The first-order valence-corrected chi connectivity index (χ1v) is 8.54. The van der Waals surface area contributed by atoms with E-state index >= 15 is 0 Å². The highest BCUT2D eigenvalue weighted by atomic mass is 32.1. The number of aromatic amines is 1. The third-order valence-corrected chi connectivity index (χ3v) is 4.95. The summed E-state index contributed by atoms with van der Waals surface area (Å²) in [6, 6.07) is 14.4. The lowest BCUT2D eigenvalue weighted by Crippen LogP contribution is -2.31. The van der Waals surface area contributed by atoms with Crippen LogP contribution in [-0.2, 0) is 6.54 Å². The molecule has 1 aromatic carbocycles. The second-order valence-electron chi connectivity index (χ2n) is 5.84. The Morgan fingerprint density at radius 2 is 2.04 bits per heavy atom. The zero-order valence-electron chi connectivity index (χ0n) is 13.4. The summed E-state index contributed by atoms with van der Waals surface area (Å²) in [6.07, 6.45) is 0. The molecule has 1 unspecified atom stereocenters. The van der Waals surface area contributed by atoms with Gasteiger partial charge in [-0.2, -0.15) is 0 Å². The van der Waals surface area contributed by atoms with Gasteiger partial charge >= 0.3 is 0 Å². The highest BCUT2D eigenvalue weighted by Gasteiger charge is 2.14. The number of rotatable bonds is 6. The van der Waals surface area contributed by atoms with Gasteiger partial charge in [0, 0.05) is 29.0 Å². The number of nitrogens with one attached hydrogen (secondary N) is 2. The van der Waals surface area contributed by atoms with Crippen molar-refractivity contribution in [3.63, 3.8) is 0 Å². The number of hydrogen-bond acceptors (Lipinski definition) is 4. The van der Waals surface area contributed by atoms with Crippen molar-refractivity contribution in [2.75, 3.05) is 20.6 Å². The van der Waals surface area contributed by atoms with Gasteiger partial charge in [0.05, 0.1) is 6.04 Å². The topological polar surface area (TPSA) is 48.1 Å². The molecule has 0 saturated heterocycles. The molecule has 2 heterocycles. The number of aromatic nitrogens is 1. The number of para-hydroxylation sites is 1. The Morgan fingerprint density at radius 3 is 2.78 bits per heavy atom. The Morgan fingerprint density at radius 1 is 1.22 bits per heavy atom. The van der Waals surface area contributed by atoms with E-state index in [-0.39, 0.29) is 5.56 Å². The molecule has 5 heteroatoms. The number of H-pyrrole nitrogens is 1. The van der Waals surface area contributed by atoms with E-state index in [1.807, 2.05) is 30.3 Å². The van der Waals surface area contributed by atoms with Crippen molar-refractivity contribution in [2.24, 2.45) is 0 Å². The van der Waals surface area contributed by atoms with Gasteiger partial charge in [-0.1, -0.05) is 24.3 Å². The van der Waals surface area contributed by atoms with Crippen LogP contribution in [0.15, 0.2) is 52.6 Å². The van der Waals surface area contributed by atoms with Gasteiger partial charge in [-0.15, -0.1) is 11.3 Å². The molecule has 4 nitrogen and oxygen atoms in total. The minimum atomic E-state index is -0.0197. The van der Waals surface area contributed by atoms with Crippen molar-refractivity contribution in [3.05, 3.63) is 68.6 Å². The van der Waals surface area contributed by atoms with Crippen LogP contribution in [0.2, 0.25) is 0 Å². The molecule has 1 atom stereocenters. The van der Waals surface area contributed by atoms with Crippen LogP contribution in [0.1, 0.15) is 16.5 Å². The van der Waals surface area contributed by atoms with Crippen molar-refractivity contribution in [1.29, 1.82) is 0 Å². The SMILES string of the molecule is CN(C)C(CNCc1cc2ccccc2[nH]c1=O)c1cccs1. The Kier molecular flexibility index (Phi) is 4.91. The fraction of sp³-hybridized carbons (Fsp3) is 0.278. The van der Waals surface area contributed by atoms with E-state index in [1.165, 1.54) is 4.88 Å². The first-order valence-electron chi connectivity index (χ1n) is 7.66. The van der Waals surface area contributed by atoms with Gasteiger partial charge in [-0.05, 0) is 43.1 Å². The normalized spacial score (nSPS) is 12.8. The van der Waals surface area contributed by atoms with Crippen molar-refractivity contribution < 1.29 is 0 Å². The number of nitrogens with zero attached hydrogens (tertiary/aromatic N) is 1. The molecule has 0 aliphatic rings. The molecular weight excluding hydrogens is 306 g/mol. The summed E-state index contributed by atoms with van der Waals surface area (Å²) < 4.78 is 0. The molecule has 2 N–H and O–H groups in total. The summed E-state index contributed by atoms with van der Waals surface area (Å²) in [4.78, 5) is 18.6. The number of fused-ring (bicyclic) bond motifs is 1. The van der Waals surface area contributed by atoms with Crippen molar-refractivity contribution >= 4 is 22.2 Å². The lowest BCUT2D eigenvalue weighted by atomic mass is 10.1. The number of likely N-dealkylation sites (N-methyl/N-ethyl adjacent to an activating group) is 1. The molecule has 0 aliphatic heterocycles. The number of pyridine rings is 1. The van der Waals surface area contributed by atoms with E-state index in [0.717, 1.165) is 23.0 Å². The van der Waals surface area contributed by atoms with Gasteiger partial charge in [-0.3, -0.25) is 4.79 Å². The first kappa shape index (κ1) is 15.9. The largest absolute Gasteiger partial charge is 0.322 e. The van der Waals surface area contributed by atoms with Crippen LogP contribution in [-0.4, -0.2) is 30.5 Å². The predicted molar refractivity (Wildman–Crippen MR) is 97.0 cm³/mol. The van der Waals surface area contributed by atoms with Gasteiger partial charge in [0.15, 0.2) is 0 Å². The molecule has 0 radical (unpaired) electrons. The molecule has 120 valence electrons. The van der Waals surface area contributed by atoms with Gasteiger partial charge in [-0.25, -0.2) is 0 Å². The van der Waals surface area contributed by atoms with Crippen molar-refractivity contribution in [1.82, 2.24) is 15.2 Å². The zero-order chi connectivity index (χ0) is 16.2. The second-order valence-corrected chi connectivity index (χ2v) is 6.82. The summed E-state index contributed by atoms with van der Waals surface area (Å²) in [6.45, 7) is 1.37. The number of hydrogen-bond donors (Lipinski definition) is 2. The van der Waals surface area contributed by atoms with Crippen molar-refractivity contribution in [2.45, 2.75) is 12.6 Å². The minimum Gasteiger partial charge on any atom is -0.322 e. The van der Waals surface area contributed by atoms with Crippen LogP contribution in [0.3, 0.4) is 0 Å². The quantitative estimate of drug-likeness (QED) is 0.732. The highest BCUT2D eigenvalue weighted by Crippen LogP contribution is 2.22. The standard InChI is InChI=1S/C18H21N3OS/c1-21(2)16(17-8-5-9-23-17)12-19-11-14-10-13-6-3-4-7-15(13)20-18(14)22/h3-10,16,19H,11-12H2,1-2H3,(H,20,22). The molecule has 23 heavy (non-hydrogen) atoms. The maximum atomic E-state index is 12.2. The van der Waals surface area contributed by atoms with Crippen molar-refractivity contribution in [3.8, 4) is 0 Å². The first-order chi connectivity index (χ1) is 11.1. The smallest absolute Gasteiger partial charge is 0.252 e. The van der Waals surface area contributed by atoms with Crippen LogP contribution in [0.5, 0.6) is 0 Å². The summed E-state index contributed by atoms with van der Waals surface area (Å²) in [5.41, 5.74) is 1.63. The Hall–Kier alpha value is -1.95. The number of benzene rings is 1. The maximum absolute atomic E-state index is 12.2. The molecule has 0 saturated carbocycles. The Bertz CT molecular complexity index is 824. The second kappa shape index (κ2) is 7.08. The molecular formula is C18H21N3OS. The van der Waals surface area contributed by atoms with E-state index in [2.05, 4.69) is 46.8 Å². The van der Waals surface area contributed by atoms with Gasteiger partial charge in [0.25, 0.3) is 5.56 Å². The zero-order valence-corrected chi connectivity index (χ0v) is 14.2. The molecule has 0 bridgehead atoms. The van der Waals surface area contributed by atoms with Crippen LogP contribution in [0.25, 0.3) is 10.9 Å². The van der Waals surface area contributed by atoms with E-state index in [4.69, 9.17) is 0 Å².